The molecule has 0 saturated carbocycles. The van der Waals surface area contributed by atoms with Gasteiger partial charge in [0.15, 0.2) is 17.5 Å². The largest absolute Gasteiger partial charge is 0.309 e. The summed E-state index contributed by atoms with van der Waals surface area (Å²) in [6.07, 6.45) is 0. The van der Waals surface area contributed by atoms with Crippen LogP contribution in [0.15, 0.2) is 157 Å². The number of fused-ring (bicyclic) bond motifs is 10. The summed E-state index contributed by atoms with van der Waals surface area (Å²) in [5, 5.41) is 11.2. The number of aromatic nitrogens is 4. The molecular weight excluding hydrogens is 605 g/mol. The smallest absolute Gasteiger partial charge is 0.164 e. The molecular formula is C43H26N4S. The molecule has 0 amide bonds. The van der Waals surface area contributed by atoms with Gasteiger partial charge in [0.1, 0.15) is 0 Å². The van der Waals surface area contributed by atoms with Gasteiger partial charge in [-0.1, -0.05) is 115 Å². The van der Waals surface area contributed by atoms with Gasteiger partial charge in [0, 0.05) is 54.0 Å². The zero-order valence-electron chi connectivity index (χ0n) is 25.7. The molecule has 0 aliphatic rings. The Balaban J connectivity index is 1.22. The molecule has 0 aliphatic carbocycles. The standard InChI is InChI=1S/C43H26N4S/c1-3-12-28(13-4-1)41-44-42(29-14-5-2-6-15-29)46-43(45-41)30-19-22-31(23-20-30)47-36-24-21-27-11-7-8-16-32(27)37(36)38-35-25-26-48-40(35)34-18-10-9-17-33(34)39(38)47/h1-26H. The van der Waals surface area contributed by atoms with E-state index in [1.54, 1.807) is 0 Å². The molecule has 3 aromatic heterocycles. The van der Waals surface area contributed by atoms with Crippen LogP contribution in [0, 0.1) is 0 Å². The van der Waals surface area contributed by atoms with Gasteiger partial charge in [0.25, 0.3) is 0 Å². The van der Waals surface area contributed by atoms with E-state index in [9.17, 15) is 0 Å². The van der Waals surface area contributed by atoms with Gasteiger partial charge in [-0.25, -0.2) is 15.0 Å². The van der Waals surface area contributed by atoms with Crippen molar-refractivity contribution in [2.75, 3.05) is 0 Å². The summed E-state index contributed by atoms with van der Waals surface area (Å²) < 4.78 is 3.78. The summed E-state index contributed by atoms with van der Waals surface area (Å²) in [5.74, 6) is 1.96. The molecule has 4 nitrogen and oxygen atoms in total. The third-order valence-corrected chi connectivity index (χ3v) is 10.3. The molecule has 0 aliphatic heterocycles. The maximum absolute atomic E-state index is 4.97. The Morgan fingerprint density at radius 3 is 1.65 bits per heavy atom. The lowest BCUT2D eigenvalue weighted by Crippen LogP contribution is -2.00. The van der Waals surface area contributed by atoms with Crippen LogP contribution in [-0.2, 0) is 0 Å². The van der Waals surface area contributed by atoms with E-state index in [4.69, 9.17) is 15.0 Å². The van der Waals surface area contributed by atoms with E-state index in [1.807, 2.05) is 72.0 Å². The molecule has 0 N–H and O–H groups in total. The average Bonchev–Trinajstić information content (AvgIpc) is 3.80. The fourth-order valence-electron chi connectivity index (χ4n) is 7.14. The number of thiophene rings is 1. The third-order valence-electron chi connectivity index (χ3n) is 9.30. The SMILES string of the molecule is c1ccc(-c2nc(-c3ccccc3)nc(-c3ccc(-n4c5ccc6ccccc6c5c5c6ccsc6c6ccccc6c54)cc3)n2)cc1. The van der Waals surface area contributed by atoms with Crippen LogP contribution in [0.4, 0.5) is 0 Å². The molecule has 48 heavy (non-hydrogen) atoms. The lowest BCUT2D eigenvalue weighted by molar-refractivity contribution is 1.07. The van der Waals surface area contributed by atoms with Gasteiger partial charge in [0.2, 0.25) is 0 Å². The van der Waals surface area contributed by atoms with Crippen molar-refractivity contribution in [3.8, 4) is 39.9 Å². The van der Waals surface area contributed by atoms with Crippen LogP contribution in [-0.4, -0.2) is 19.5 Å². The van der Waals surface area contributed by atoms with Crippen molar-refractivity contribution in [3.63, 3.8) is 0 Å². The zero-order valence-corrected chi connectivity index (χ0v) is 26.5. The fourth-order valence-corrected chi connectivity index (χ4v) is 8.09. The van der Waals surface area contributed by atoms with Crippen molar-refractivity contribution in [1.82, 2.24) is 19.5 Å². The number of benzene rings is 7. The van der Waals surface area contributed by atoms with Gasteiger partial charge in [0.05, 0.1) is 11.0 Å². The maximum Gasteiger partial charge on any atom is 0.164 e. The van der Waals surface area contributed by atoms with Crippen molar-refractivity contribution in [2.45, 2.75) is 0 Å². The molecule has 0 saturated heterocycles. The molecule has 3 heterocycles. The maximum atomic E-state index is 4.97. The fraction of sp³-hybridized carbons (Fsp3) is 0. The number of nitrogens with zero attached hydrogens (tertiary/aromatic N) is 4. The van der Waals surface area contributed by atoms with E-state index in [1.165, 1.54) is 53.4 Å². The monoisotopic (exact) mass is 630 g/mol. The lowest BCUT2D eigenvalue weighted by atomic mass is 9.99. The molecule has 0 spiro atoms. The summed E-state index contributed by atoms with van der Waals surface area (Å²) in [7, 11) is 0. The van der Waals surface area contributed by atoms with Crippen molar-refractivity contribution in [1.29, 1.82) is 0 Å². The number of hydrogen-bond acceptors (Lipinski definition) is 4. The first-order chi connectivity index (χ1) is 23.8. The second kappa shape index (κ2) is 10.7. The number of rotatable bonds is 4. The van der Waals surface area contributed by atoms with Crippen molar-refractivity contribution < 1.29 is 0 Å². The average molecular weight is 631 g/mol. The van der Waals surface area contributed by atoms with Crippen molar-refractivity contribution >= 4 is 64.8 Å². The van der Waals surface area contributed by atoms with Crippen LogP contribution >= 0.6 is 11.3 Å². The molecule has 0 bridgehead atoms. The second-order valence-corrected chi connectivity index (χ2v) is 13.0. The summed E-state index contributed by atoms with van der Waals surface area (Å²) in [4.78, 5) is 14.8. The normalized spacial score (nSPS) is 11.8. The molecule has 10 aromatic rings. The summed E-state index contributed by atoms with van der Waals surface area (Å²) in [6, 6.07) is 53.3. The minimum Gasteiger partial charge on any atom is -0.309 e. The molecule has 0 atom stereocenters. The highest BCUT2D eigenvalue weighted by atomic mass is 32.1. The predicted octanol–water partition coefficient (Wildman–Crippen LogP) is 11.5. The van der Waals surface area contributed by atoms with E-state index in [-0.39, 0.29) is 0 Å². The Morgan fingerprint density at radius 1 is 0.417 bits per heavy atom. The first-order valence-electron chi connectivity index (χ1n) is 16.0. The van der Waals surface area contributed by atoms with E-state index >= 15 is 0 Å². The van der Waals surface area contributed by atoms with Crippen molar-refractivity contribution in [3.05, 3.63) is 157 Å². The lowest BCUT2D eigenvalue weighted by Gasteiger charge is -2.12. The highest BCUT2D eigenvalue weighted by Gasteiger charge is 2.21. The molecule has 0 fully saturated rings. The van der Waals surface area contributed by atoms with Crippen LogP contribution < -0.4 is 0 Å². The molecule has 5 heteroatoms. The van der Waals surface area contributed by atoms with Crippen LogP contribution in [0.1, 0.15) is 0 Å². The Bertz CT molecular complexity index is 2760. The zero-order chi connectivity index (χ0) is 31.6. The first-order valence-corrected chi connectivity index (χ1v) is 16.9. The van der Waals surface area contributed by atoms with E-state index in [2.05, 4.69) is 101 Å². The minimum absolute atomic E-state index is 0.646. The molecule has 7 aromatic carbocycles. The predicted molar refractivity (Wildman–Crippen MR) is 201 cm³/mol. The highest BCUT2D eigenvalue weighted by molar-refractivity contribution is 7.18. The highest BCUT2D eigenvalue weighted by Crippen LogP contribution is 2.46. The minimum atomic E-state index is 0.646. The van der Waals surface area contributed by atoms with E-state index in [0.717, 1.165) is 22.4 Å². The van der Waals surface area contributed by atoms with Gasteiger partial charge < -0.3 is 4.57 Å². The molecule has 0 unspecified atom stereocenters. The number of hydrogen-bond donors (Lipinski definition) is 0. The Morgan fingerprint density at radius 2 is 0.979 bits per heavy atom. The van der Waals surface area contributed by atoms with Gasteiger partial charge in [-0.15, -0.1) is 11.3 Å². The van der Waals surface area contributed by atoms with Gasteiger partial charge in [-0.3, -0.25) is 0 Å². The van der Waals surface area contributed by atoms with Crippen LogP contribution in [0.3, 0.4) is 0 Å². The van der Waals surface area contributed by atoms with Crippen LogP contribution in [0.25, 0.3) is 93.3 Å². The third kappa shape index (κ3) is 4.11. The van der Waals surface area contributed by atoms with E-state index < -0.39 is 0 Å². The summed E-state index contributed by atoms with van der Waals surface area (Å²) in [6.45, 7) is 0. The summed E-state index contributed by atoms with van der Waals surface area (Å²) >= 11 is 1.82. The van der Waals surface area contributed by atoms with Gasteiger partial charge in [-0.2, -0.15) is 0 Å². The molecule has 0 radical (unpaired) electrons. The topological polar surface area (TPSA) is 43.6 Å². The quantitative estimate of drug-likeness (QED) is 0.194. The van der Waals surface area contributed by atoms with Gasteiger partial charge in [-0.05, 0) is 52.6 Å². The van der Waals surface area contributed by atoms with E-state index in [0.29, 0.717) is 17.5 Å². The molecule has 224 valence electrons. The Labute approximate surface area is 280 Å². The van der Waals surface area contributed by atoms with Crippen molar-refractivity contribution in [2.24, 2.45) is 0 Å². The van der Waals surface area contributed by atoms with Crippen LogP contribution in [0.2, 0.25) is 0 Å². The van der Waals surface area contributed by atoms with Gasteiger partial charge >= 0.3 is 0 Å². The Hall–Kier alpha value is -6.17. The molecule has 10 rings (SSSR count). The first kappa shape index (κ1) is 27.0. The second-order valence-electron chi connectivity index (χ2n) is 12.0. The summed E-state index contributed by atoms with van der Waals surface area (Å²) in [5.41, 5.74) is 6.37. The van der Waals surface area contributed by atoms with Crippen LogP contribution in [0.5, 0.6) is 0 Å². The Kier molecular flexibility index (Phi) is 6.01.